The quantitative estimate of drug-likeness (QED) is 0.0720. The molecule has 0 saturated carbocycles. The van der Waals surface area contributed by atoms with E-state index in [1.165, 1.54) is 11.1 Å². The first kappa shape index (κ1) is 35.9. The number of halogens is 1. The average Bonchev–Trinajstić information content (AvgIpc) is 3.08. The summed E-state index contributed by atoms with van der Waals surface area (Å²) in [6.07, 6.45) is 4.93. The summed E-state index contributed by atoms with van der Waals surface area (Å²) in [5, 5.41) is 0. The number of aryl methyl sites for hydroxylation is 2. The second kappa shape index (κ2) is 19.7. The highest BCUT2D eigenvalue weighted by molar-refractivity contribution is 9.10. The summed E-state index contributed by atoms with van der Waals surface area (Å²) in [6.45, 7) is 7.23. The Morgan fingerprint density at radius 2 is 1.34 bits per heavy atom. The maximum Gasteiger partial charge on any atom is 0.339 e. The number of carbonyl (C=O) groups is 2. The third-order valence-electron chi connectivity index (χ3n) is 7.98. The average molecular weight is 701 g/mol. The predicted molar refractivity (Wildman–Crippen MR) is 191 cm³/mol. The van der Waals surface area contributed by atoms with Crippen molar-refractivity contribution in [3.8, 4) is 5.75 Å². The molecule has 4 aromatic carbocycles. The van der Waals surface area contributed by atoms with E-state index in [0.717, 1.165) is 72.1 Å². The Kier molecular flexibility index (Phi) is 15.0. The van der Waals surface area contributed by atoms with Crippen molar-refractivity contribution in [3.05, 3.63) is 135 Å². The molecule has 6 nitrogen and oxygen atoms in total. The van der Waals surface area contributed by atoms with Gasteiger partial charge in [0.1, 0.15) is 12.4 Å². The molecular weight excluding hydrogens is 654 g/mol. The van der Waals surface area contributed by atoms with Gasteiger partial charge in [0.2, 0.25) is 0 Å². The smallest absolute Gasteiger partial charge is 0.339 e. The van der Waals surface area contributed by atoms with Crippen molar-refractivity contribution in [2.24, 2.45) is 0 Å². The van der Waals surface area contributed by atoms with Gasteiger partial charge in [-0.1, -0.05) is 78.9 Å². The Hall–Kier alpha value is -3.94. The number of hydrogen-bond donors (Lipinski definition) is 0. The molecule has 0 aliphatic heterocycles. The van der Waals surface area contributed by atoms with Gasteiger partial charge in [-0.15, -0.1) is 0 Å². The van der Waals surface area contributed by atoms with E-state index in [1.807, 2.05) is 37.3 Å². The van der Waals surface area contributed by atoms with Crippen LogP contribution in [0.5, 0.6) is 5.75 Å². The number of para-hydroxylation sites is 1. The van der Waals surface area contributed by atoms with Gasteiger partial charge < -0.3 is 14.2 Å². The van der Waals surface area contributed by atoms with E-state index in [9.17, 15) is 9.59 Å². The van der Waals surface area contributed by atoms with E-state index in [0.29, 0.717) is 38.3 Å². The van der Waals surface area contributed by atoms with Crippen LogP contribution in [0.25, 0.3) is 0 Å². The Bertz CT molecular complexity index is 1540. The molecule has 0 heterocycles. The van der Waals surface area contributed by atoms with Gasteiger partial charge in [-0.3, -0.25) is 9.69 Å². The topological polar surface area (TPSA) is 65.1 Å². The van der Waals surface area contributed by atoms with Gasteiger partial charge in [-0.25, -0.2) is 4.79 Å². The SMILES string of the molecule is CCOC(=O)CCCCN(CCc1ccccc1OCc1ccc(CCc2ccccc2)cc1)Cc1ccc(C(=O)OCC)c(Br)c1. The van der Waals surface area contributed by atoms with Crippen molar-refractivity contribution >= 4 is 27.9 Å². The van der Waals surface area contributed by atoms with Crippen LogP contribution in [-0.4, -0.2) is 43.1 Å². The Morgan fingerprint density at radius 1 is 0.681 bits per heavy atom. The van der Waals surface area contributed by atoms with Crippen molar-refractivity contribution in [2.45, 2.75) is 65.5 Å². The summed E-state index contributed by atoms with van der Waals surface area (Å²) in [5.74, 6) is 0.409. The zero-order valence-corrected chi connectivity index (χ0v) is 29.2. The third-order valence-corrected chi connectivity index (χ3v) is 8.63. The van der Waals surface area contributed by atoms with Crippen molar-refractivity contribution in [2.75, 3.05) is 26.3 Å². The summed E-state index contributed by atoms with van der Waals surface area (Å²) in [6, 6.07) is 33.3. The van der Waals surface area contributed by atoms with Gasteiger partial charge in [0.15, 0.2) is 0 Å². The fraction of sp³-hybridized carbons (Fsp3) is 0.350. The molecule has 0 aromatic heterocycles. The molecule has 0 aliphatic rings. The lowest BCUT2D eigenvalue weighted by Gasteiger charge is -2.23. The lowest BCUT2D eigenvalue weighted by atomic mass is 10.0. The van der Waals surface area contributed by atoms with Crippen LogP contribution in [0.2, 0.25) is 0 Å². The summed E-state index contributed by atoms with van der Waals surface area (Å²) in [5.41, 5.74) is 6.58. The highest BCUT2D eigenvalue weighted by Gasteiger charge is 2.14. The summed E-state index contributed by atoms with van der Waals surface area (Å²) < 4.78 is 17.3. The van der Waals surface area contributed by atoms with Gasteiger partial charge >= 0.3 is 11.9 Å². The van der Waals surface area contributed by atoms with Gasteiger partial charge in [0.05, 0.1) is 18.8 Å². The first-order chi connectivity index (χ1) is 22.9. The molecule has 0 saturated heterocycles. The predicted octanol–water partition coefficient (Wildman–Crippen LogP) is 8.77. The molecule has 4 aromatic rings. The molecule has 0 unspecified atom stereocenters. The second-order valence-electron chi connectivity index (χ2n) is 11.5. The summed E-state index contributed by atoms with van der Waals surface area (Å²) in [4.78, 5) is 26.5. The van der Waals surface area contributed by atoms with E-state index < -0.39 is 0 Å². The van der Waals surface area contributed by atoms with Crippen LogP contribution in [0.15, 0.2) is 102 Å². The van der Waals surface area contributed by atoms with E-state index in [1.54, 1.807) is 6.92 Å². The zero-order chi connectivity index (χ0) is 33.3. The zero-order valence-electron chi connectivity index (χ0n) is 27.6. The number of hydrogen-bond acceptors (Lipinski definition) is 6. The maximum absolute atomic E-state index is 12.3. The molecule has 47 heavy (non-hydrogen) atoms. The van der Waals surface area contributed by atoms with Crippen LogP contribution in [0.3, 0.4) is 0 Å². The largest absolute Gasteiger partial charge is 0.489 e. The molecule has 0 radical (unpaired) electrons. The minimum absolute atomic E-state index is 0.148. The molecule has 0 spiro atoms. The Morgan fingerprint density at radius 3 is 2.06 bits per heavy atom. The van der Waals surface area contributed by atoms with E-state index in [2.05, 4.69) is 87.6 Å². The number of benzene rings is 4. The van der Waals surface area contributed by atoms with E-state index >= 15 is 0 Å². The van der Waals surface area contributed by atoms with Gasteiger partial charge in [0, 0.05) is 24.0 Å². The van der Waals surface area contributed by atoms with Crippen LogP contribution >= 0.6 is 15.9 Å². The first-order valence-corrected chi connectivity index (χ1v) is 17.4. The molecule has 4 rings (SSSR count). The fourth-order valence-corrected chi connectivity index (χ4v) is 6.01. The first-order valence-electron chi connectivity index (χ1n) is 16.6. The van der Waals surface area contributed by atoms with Crippen molar-refractivity contribution in [3.63, 3.8) is 0 Å². The van der Waals surface area contributed by atoms with E-state index in [-0.39, 0.29) is 11.9 Å². The summed E-state index contributed by atoms with van der Waals surface area (Å²) in [7, 11) is 0. The van der Waals surface area contributed by atoms with Crippen LogP contribution in [0, 0.1) is 0 Å². The molecule has 0 amide bonds. The number of ether oxygens (including phenoxy) is 3. The van der Waals surface area contributed by atoms with E-state index in [4.69, 9.17) is 14.2 Å². The summed E-state index contributed by atoms with van der Waals surface area (Å²) >= 11 is 3.56. The second-order valence-corrected chi connectivity index (χ2v) is 12.4. The number of esters is 2. The van der Waals surface area contributed by atoms with Crippen LogP contribution in [0.4, 0.5) is 0 Å². The normalized spacial score (nSPS) is 11.0. The minimum atomic E-state index is -0.336. The Labute approximate surface area is 288 Å². The lowest BCUT2D eigenvalue weighted by molar-refractivity contribution is -0.143. The standard InChI is InChI=1S/C40H46BrNO5/c1-3-45-39(43)16-10-11-26-42(29-34-23-24-36(37(41)28-34)40(44)46-4-2)27-25-35-14-8-9-15-38(35)47-30-33-21-19-32(20-22-33)18-17-31-12-6-5-7-13-31/h5-9,12-15,19-24,28H,3-4,10-11,16-18,25-27,29-30H2,1-2H3. The third kappa shape index (κ3) is 12.3. The fourth-order valence-electron chi connectivity index (χ4n) is 5.42. The van der Waals surface area contributed by atoms with Gasteiger partial charge in [-0.05, 0) is 114 Å². The van der Waals surface area contributed by atoms with Crippen LogP contribution in [-0.2, 0) is 46.7 Å². The van der Waals surface area contributed by atoms with Crippen molar-refractivity contribution < 1.29 is 23.8 Å². The molecule has 0 atom stereocenters. The number of nitrogens with zero attached hydrogens (tertiary/aromatic N) is 1. The number of unbranched alkanes of at least 4 members (excludes halogenated alkanes) is 1. The molecule has 248 valence electrons. The molecule has 0 aliphatic carbocycles. The highest BCUT2D eigenvalue weighted by atomic mass is 79.9. The molecular formula is C40H46BrNO5. The van der Waals surface area contributed by atoms with Crippen LogP contribution < -0.4 is 4.74 Å². The molecule has 0 fully saturated rings. The number of rotatable bonds is 19. The van der Waals surface area contributed by atoms with Gasteiger partial charge in [0.25, 0.3) is 0 Å². The number of carbonyl (C=O) groups excluding carboxylic acids is 2. The lowest BCUT2D eigenvalue weighted by Crippen LogP contribution is -2.27. The molecule has 7 heteroatoms. The van der Waals surface area contributed by atoms with Crippen LogP contribution in [0.1, 0.15) is 71.3 Å². The maximum atomic E-state index is 12.3. The Balaban J connectivity index is 1.35. The minimum Gasteiger partial charge on any atom is -0.489 e. The molecule has 0 N–H and O–H groups in total. The van der Waals surface area contributed by atoms with Crippen molar-refractivity contribution in [1.29, 1.82) is 0 Å². The molecule has 0 bridgehead atoms. The van der Waals surface area contributed by atoms with Gasteiger partial charge in [-0.2, -0.15) is 0 Å². The van der Waals surface area contributed by atoms with Crippen molar-refractivity contribution in [1.82, 2.24) is 4.90 Å². The monoisotopic (exact) mass is 699 g/mol. The highest BCUT2D eigenvalue weighted by Crippen LogP contribution is 2.23.